The monoisotopic (exact) mass is 380 g/mol. The minimum atomic E-state index is 0.0156. The first kappa shape index (κ1) is 19.2. The Hall–Kier alpha value is -2.60. The van der Waals surface area contributed by atoms with Gasteiger partial charge in [-0.05, 0) is 37.1 Å². The number of amides is 1. The molecule has 0 aliphatic heterocycles. The predicted octanol–water partition coefficient (Wildman–Crippen LogP) is 4.03. The lowest BCUT2D eigenvalue weighted by Gasteiger charge is -2.25. The normalized spacial score (nSPS) is 12.0. The molecule has 1 aromatic heterocycles. The highest BCUT2D eigenvalue weighted by Crippen LogP contribution is 2.22. The first-order valence-electron chi connectivity index (χ1n) is 8.88. The Labute approximate surface area is 164 Å². The molecule has 0 saturated heterocycles. The molecule has 0 spiro atoms. The molecule has 3 rings (SSSR count). The molecule has 6 heteroatoms. The van der Waals surface area contributed by atoms with Crippen LogP contribution in [0.4, 0.5) is 0 Å². The molecule has 1 unspecified atom stereocenters. The van der Waals surface area contributed by atoms with Crippen LogP contribution in [0.2, 0.25) is 0 Å². The van der Waals surface area contributed by atoms with Gasteiger partial charge in [0.15, 0.2) is 0 Å². The van der Waals surface area contributed by atoms with Crippen molar-refractivity contribution in [1.29, 1.82) is 0 Å². The van der Waals surface area contributed by atoms with Gasteiger partial charge in [-0.15, -0.1) is 11.8 Å². The maximum Gasteiger partial charge on any atom is 0.232 e. The second kappa shape index (κ2) is 8.86. The van der Waals surface area contributed by atoms with Gasteiger partial charge in [0.25, 0.3) is 0 Å². The molecule has 1 amide bonds. The number of carbonyl (C=O) groups is 1. The molecule has 0 fully saturated rings. The molecular formula is C21H24N4OS. The van der Waals surface area contributed by atoms with Crippen molar-refractivity contribution in [3.05, 3.63) is 77.9 Å². The van der Waals surface area contributed by atoms with Crippen LogP contribution in [0.1, 0.15) is 29.7 Å². The average Bonchev–Trinajstić information content (AvgIpc) is 3.22. The Balaban J connectivity index is 1.54. The first-order chi connectivity index (χ1) is 13.0. The molecule has 2 aromatic carbocycles. The molecule has 140 valence electrons. The number of rotatable bonds is 7. The van der Waals surface area contributed by atoms with Crippen molar-refractivity contribution in [3.63, 3.8) is 0 Å². The Kier molecular flexibility index (Phi) is 6.29. The van der Waals surface area contributed by atoms with E-state index in [1.807, 2.05) is 43.1 Å². The molecule has 1 atom stereocenters. The second-order valence-electron chi connectivity index (χ2n) is 6.59. The largest absolute Gasteiger partial charge is 0.338 e. The molecule has 0 N–H and O–H groups in total. The standard InChI is InChI=1S/C21H24N4OS/c1-16-5-4-6-18(11-16)12-27-13-21(26)24(3)17(2)19-7-9-20(10-8-19)25-15-22-14-23-25/h4-11,14-15,17H,12-13H2,1-3H3. The molecule has 27 heavy (non-hydrogen) atoms. The average molecular weight is 381 g/mol. The molecule has 0 aliphatic carbocycles. The summed E-state index contributed by atoms with van der Waals surface area (Å²) in [5.41, 5.74) is 4.55. The van der Waals surface area contributed by atoms with E-state index < -0.39 is 0 Å². The van der Waals surface area contributed by atoms with E-state index in [1.165, 1.54) is 17.5 Å². The molecule has 5 nitrogen and oxygen atoms in total. The summed E-state index contributed by atoms with van der Waals surface area (Å²) in [6, 6.07) is 16.5. The van der Waals surface area contributed by atoms with Gasteiger partial charge < -0.3 is 4.90 Å². The summed E-state index contributed by atoms with van der Waals surface area (Å²) >= 11 is 1.66. The van der Waals surface area contributed by atoms with Crippen LogP contribution in [0.15, 0.2) is 61.2 Å². The van der Waals surface area contributed by atoms with Gasteiger partial charge >= 0.3 is 0 Å². The number of hydrogen-bond acceptors (Lipinski definition) is 4. The van der Waals surface area contributed by atoms with Crippen LogP contribution in [-0.4, -0.2) is 38.4 Å². The van der Waals surface area contributed by atoms with Crippen molar-refractivity contribution < 1.29 is 4.79 Å². The summed E-state index contributed by atoms with van der Waals surface area (Å²) in [6.07, 6.45) is 3.18. The van der Waals surface area contributed by atoms with E-state index in [9.17, 15) is 4.79 Å². The van der Waals surface area contributed by atoms with Crippen molar-refractivity contribution >= 4 is 17.7 Å². The molecule has 0 bridgehead atoms. The van der Waals surface area contributed by atoms with Gasteiger partial charge in [-0.25, -0.2) is 9.67 Å². The molecule has 3 aromatic rings. The predicted molar refractivity (Wildman–Crippen MR) is 110 cm³/mol. The quantitative estimate of drug-likeness (QED) is 0.621. The maximum atomic E-state index is 12.6. The van der Waals surface area contributed by atoms with Crippen molar-refractivity contribution in [2.24, 2.45) is 0 Å². The third kappa shape index (κ3) is 4.98. The molecule has 0 saturated carbocycles. The van der Waals surface area contributed by atoms with E-state index in [1.54, 1.807) is 22.8 Å². The summed E-state index contributed by atoms with van der Waals surface area (Å²) in [4.78, 5) is 18.3. The lowest BCUT2D eigenvalue weighted by atomic mass is 10.1. The van der Waals surface area contributed by atoms with E-state index >= 15 is 0 Å². The fraction of sp³-hybridized carbons (Fsp3) is 0.286. The van der Waals surface area contributed by atoms with Gasteiger partial charge in [-0.1, -0.05) is 42.0 Å². The number of thioether (sulfide) groups is 1. The van der Waals surface area contributed by atoms with Crippen LogP contribution < -0.4 is 0 Å². The fourth-order valence-electron chi connectivity index (χ4n) is 2.85. The van der Waals surface area contributed by atoms with Gasteiger partial charge in [0.05, 0.1) is 17.5 Å². The minimum Gasteiger partial charge on any atom is -0.338 e. The summed E-state index contributed by atoms with van der Waals surface area (Å²) in [5, 5.41) is 4.13. The first-order valence-corrected chi connectivity index (χ1v) is 10.0. The van der Waals surface area contributed by atoms with E-state index in [4.69, 9.17) is 0 Å². The van der Waals surface area contributed by atoms with Crippen molar-refractivity contribution in [1.82, 2.24) is 19.7 Å². The third-order valence-electron chi connectivity index (χ3n) is 4.61. The Bertz CT molecular complexity index is 877. The topological polar surface area (TPSA) is 51.0 Å². The highest BCUT2D eigenvalue weighted by molar-refractivity contribution is 7.99. The van der Waals surface area contributed by atoms with Crippen LogP contribution in [-0.2, 0) is 10.5 Å². The number of nitrogens with zero attached hydrogens (tertiary/aromatic N) is 4. The second-order valence-corrected chi connectivity index (χ2v) is 7.58. The van der Waals surface area contributed by atoms with Crippen LogP contribution in [0, 0.1) is 6.92 Å². The van der Waals surface area contributed by atoms with E-state index in [-0.39, 0.29) is 11.9 Å². The molecule has 1 heterocycles. The van der Waals surface area contributed by atoms with Gasteiger partial charge in [0.1, 0.15) is 12.7 Å². The lowest BCUT2D eigenvalue weighted by molar-refractivity contribution is -0.128. The van der Waals surface area contributed by atoms with Gasteiger partial charge in [0, 0.05) is 12.8 Å². The SMILES string of the molecule is Cc1cccc(CSCC(=O)N(C)C(C)c2ccc(-n3cncn3)cc2)c1. The Morgan fingerprint density at radius 2 is 2.00 bits per heavy atom. The van der Waals surface area contributed by atoms with Crippen molar-refractivity contribution in [2.75, 3.05) is 12.8 Å². The summed E-state index contributed by atoms with van der Waals surface area (Å²) in [7, 11) is 1.87. The van der Waals surface area contributed by atoms with E-state index in [0.29, 0.717) is 5.75 Å². The van der Waals surface area contributed by atoms with E-state index in [2.05, 4.69) is 41.3 Å². The van der Waals surface area contributed by atoms with Crippen LogP contribution in [0.5, 0.6) is 0 Å². The maximum absolute atomic E-state index is 12.6. The molecule has 0 aliphatic rings. The number of benzene rings is 2. The highest BCUT2D eigenvalue weighted by atomic mass is 32.2. The smallest absolute Gasteiger partial charge is 0.232 e. The van der Waals surface area contributed by atoms with Gasteiger partial charge in [-0.2, -0.15) is 5.10 Å². The van der Waals surface area contributed by atoms with Crippen LogP contribution in [0.3, 0.4) is 0 Å². The van der Waals surface area contributed by atoms with E-state index in [0.717, 1.165) is 17.0 Å². The third-order valence-corrected chi connectivity index (χ3v) is 5.60. The van der Waals surface area contributed by atoms with Gasteiger partial charge in [0.2, 0.25) is 5.91 Å². The zero-order chi connectivity index (χ0) is 19.2. The number of aromatic nitrogens is 3. The number of hydrogen-bond donors (Lipinski definition) is 0. The van der Waals surface area contributed by atoms with Crippen molar-refractivity contribution in [2.45, 2.75) is 25.6 Å². The van der Waals surface area contributed by atoms with Crippen molar-refractivity contribution in [3.8, 4) is 5.69 Å². The zero-order valence-electron chi connectivity index (χ0n) is 15.9. The summed E-state index contributed by atoms with van der Waals surface area (Å²) in [5.74, 6) is 1.47. The lowest BCUT2D eigenvalue weighted by Crippen LogP contribution is -2.31. The summed E-state index contributed by atoms with van der Waals surface area (Å²) < 4.78 is 1.71. The molecular weight excluding hydrogens is 356 g/mol. The van der Waals surface area contributed by atoms with Crippen LogP contribution in [0.25, 0.3) is 5.69 Å². The highest BCUT2D eigenvalue weighted by Gasteiger charge is 2.17. The van der Waals surface area contributed by atoms with Crippen LogP contribution >= 0.6 is 11.8 Å². The Morgan fingerprint density at radius 1 is 1.22 bits per heavy atom. The zero-order valence-corrected chi connectivity index (χ0v) is 16.7. The fourth-order valence-corrected chi connectivity index (χ4v) is 3.74. The summed E-state index contributed by atoms with van der Waals surface area (Å²) in [6.45, 7) is 4.14. The number of aryl methyl sites for hydroxylation is 1. The Morgan fingerprint density at radius 3 is 2.67 bits per heavy atom. The minimum absolute atomic E-state index is 0.0156. The van der Waals surface area contributed by atoms with Gasteiger partial charge in [-0.3, -0.25) is 4.79 Å². The molecule has 0 radical (unpaired) electrons. The number of carbonyl (C=O) groups excluding carboxylic acids is 1.